The predicted molar refractivity (Wildman–Crippen MR) is 70.7 cm³/mol. The van der Waals surface area contributed by atoms with Gasteiger partial charge in [-0.3, -0.25) is 0 Å². The van der Waals surface area contributed by atoms with E-state index in [1.165, 1.54) is 12.8 Å². The van der Waals surface area contributed by atoms with Crippen molar-refractivity contribution in [3.8, 4) is 11.4 Å². The Morgan fingerprint density at radius 1 is 1.32 bits per heavy atom. The van der Waals surface area contributed by atoms with E-state index in [2.05, 4.69) is 22.4 Å². The highest BCUT2D eigenvalue weighted by atomic mass is 16.5. The molecular formula is C14H19N3O2. The van der Waals surface area contributed by atoms with Gasteiger partial charge in [0.05, 0.1) is 11.8 Å². The molecule has 0 unspecified atom stereocenters. The summed E-state index contributed by atoms with van der Waals surface area (Å²) >= 11 is 0. The van der Waals surface area contributed by atoms with Crippen molar-refractivity contribution in [2.75, 3.05) is 6.54 Å². The summed E-state index contributed by atoms with van der Waals surface area (Å²) in [6.07, 6.45) is 7.85. The van der Waals surface area contributed by atoms with Gasteiger partial charge in [-0.1, -0.05) is 12.1 Å². The lowest BCUT2D eigenvalue weighted by atomic mass is 9.86. The van der Waals surface area contributed by atoms with Crippen LogP contribution in [0.3, 0.4) is 0 Å². The zero-order valence-electron chi connectivity index (χ0n) is 11.1. The van der Waals surface area contributed by atoms with Gasteiger partial charge in [0, 0.05) is 12.0 Å². The van der Waals surface area contributed by atoms with Crippen LogP contribution in [0.2, 0.25) is 0 Å². The van der Waals surface area contributed by atoms with Gasteiger partial charge in [-0.2, -0.15) is 4.98 Å². The average molecular weight is 261 g/mol. The standard InChI is InChI=1S/C14H19N3O2/c1-2-15-12-5-3-10(4-6-12)14-16-13(17-19-14)11-7-8-18-9-11/h7-10,12,15H,2-6H2,1H3. The van der Waals surface area contributed by atoms with Crippen molar-refractivity contribution >= 4 is 0 Å². The first kappa shape index (κ1) is 12.4. The Bertz CT molecular complexity index is 499. The first-order chi connectivity index (χ1) is 9.36. The first-order valence-corrected chi connectivity index (χ1v) is 6.96. The molecule has 102 valence electrons. The first-order valence-electron chi connectivity index (χ1n) is 6.96. The zero-order valence-corrected chi connectivity index (χ0v) is 11.1. The maximum atomic E-state index is 5.40. The van der Waals surface area contributed by atoms with Gasteiger partial charge in [0.2, 0.25) is 11.7 Å². The van der Waals surface area contributed by atoms with Crippen LogP contribution in [-0.2, 0) is 0 Å². The molecule has 0 bridgehead atoms. The second-order valence-electron chi connectivity index (χ2n) is 5.07. The lowest BCUT2D eigenvalue weighted by Crippen LogP contribution is -2.32. The summed E-state index contributed by atoms with van der Waals surface area (Å²) in [4.78, 5) is 4.49. The van der Waals surface area contributed by atoms with E-state index in [-0.39, 0.29) is 0 Å². The van der Waals surface area contributed by atoms with Crippen molar-refractivity contribution in [1.82, 2.24) is 15.5 Å². The molecule has 0 atom stereocenters. The summed E-state index contributed by atoms with van der Waals surface area (Å²) in [6, 6.07) is 2.49. The minimum Gasteiger partial charge on any atom is -0.472 e. The number of nitrogens with zero attached hydrogens (tertiary/aromatic N) is 2. The van der Waals surface area contributed by atoms with Crippen LogP contribution in [0.25, 0.3) is 11.4 Å². The SMILES string of the molecule is CCNC1CCC(c2nc(-c3ccoc3)no2)CC1. The summed E-state index contributed by atoms with van der Waals surface area (Å²) in [5, 5.41) is 7.53. The van der Waals surface area contributed by atoms with Gasteiger partial charge in [-0.15, -0.1) is 0 Å². The third-order valence-corrected chi connectivity index (χ3v) is 3.79. The van der Waals surface area contributed by atoms with Crippen molar-refractivity contribution in [3.63, 3.8) is 0 Å². The largest absolute Gasteiger partial charge is 0.472 e. The number of aromatic nitrogens is 2. The quantitative estimate of drug-likeness (QED) is 0.916. The second-order valence-corrected chi connectivity index (χ2v) is 5.07. The molecule has 0 radical (unpaired) electrons. The lowest BCUT2D eigenvalue weighted by molar-refractivity contribution is 0.285. The van der Waals surface area contributed by atoms with Crippen molar-refractivity contribution in [2.45, 2.75) is 44.6 Å². The fraction of sp³-hybridized carbons (Fsp3) is 0.571. The highest BCUT2D eigenvalue weighted by Crippen LogP contribution is 2.32. The van der Waals surface area contributed by atoms with E-state index in [0.29, 0.717) is 17.8 Å². The molecule has 5 nitrogen and oxygen atoms in total. The minimum atomic E-state index is 0.406. The summed E-state index contributed by atoms with van der Waals surface area (Å²) in [5.41, 5.74) is 0.872. The van der Waals surface area contributed by atoms with E-state index in [4.69, 9.17) is 8.94 Å². The third kappa shape index (κ3) is 2.71. The minimum absolute atomic E-state index is 0.406. The maximum Gasteiger partial charge on any atom is 0.230 e. The Labute approximate surface area is 112 Å². The molecule has 0 aliphatic heterocycles. The fourth-order valence-electron chi connectivity index (χ4n) is 2.74. The molecule has 1 aliphatic rings. The number of furan rings is 1. The molecule has 1 aliphatic carbocycles. The van der Waals surface area contributed by atoms with E-state index in [9.17, 15) is 0 Å². The smallest absolute Gasteiger partial charge is 0.230 e. The summed E-state index contributed by atoms with van der Waals surface area (Å²) in [6.45, 7) is 3.20. The molecule has 2 aromatic rings. The van der Waals surface area contributed by atoms with Crippen LogP contribution in [0.4, 0.5) is 0 Å². The van der Waals surface area contributed by atoms with Crippen molar-refractivity contribution in [2.24, 2.45) is 0 Å². The zero-order chi connectivity index (χ0) is 13.1. The molecule has 19 heavy (non-hydrogen) atoms. The average Bonchev–Trinajstić information content (AvgIpc) is 3.11. The van der Waals surface area contributed by atoms with Crippen LogP contribution in [-0.4, -0.2) is 22.7 Å². The molecule has 5 heteroatoms. The van der Waals surface area contributed by atoms with Crippen LogP contribution in [0.15, 0.2) is 27.5 Å². The molecule has 0 amide bonds. The number of nitrogens with one attached hydrogen (secondary N) is 1. The Hall–Kier alpha value is -1.62. The van der Waals surface area contributed by atoms with E-state index < -0.39 is 0 Å². The summed E-state index contributed by atoms with van der Waals surface area (Å²) < 4.78 is 10.4. The molecular weight excluding hydrogens is 242 g/mol. The van der Waals surface area contributed by atoms with Crippen LogP contribution < -0.4 is 5.32 Å². The number of hydrogen-bond acceptors (Lipinski definition) is 5. The number of hydrogen-bond donors (Lipinski definition) is 1. The van der Waals surface area contributed by atoms with Gasteiger partial charge in [-0.25, -0.2) is 0 Å². The van der Waals surface area contributed by atoms with Gasteiger partial charge >= 0.3 is 0 Å². The molecule has 3 rings (SSSR count). The summed E-state index contributed by atoms with van der Waals surface area (Å²) in [7, 11) is 0. The van der Waals surface area contributed by atoms with Crippen LogP contribution in [0, 0.1) is 0 Å². The molecule has 2 aromatic heterocycles. The normalized spacial score (nSPS) is 23.6. The fourth-order valence-corrected chi connectivity index (χ4v) is 2.74. The van der Waals surface area contributed by atoms with Gasteiger partial charge < -0.3 is 14.3 Å². The van der Waals surface area contributed by atoms with Crippen LogP contribution in [0.5, 0.6) is 0 Å². The molecule has 1 fully saturated rings. The molecule has 2 heterocycles. The molecule has 1 saturated carbocycles. The second kappa shape index (κ2) is 5.57. The summed E-state index contributed by atoms with van der Waals surface area (Å²) in [5.74, 6) is 1.80. The van der Waals surface area contributed by atoms with Gasteiger partial charge in [0.25, 0.3) is 0 Å². The monoisotopic (exact) mass is 261 g/mol. The maximum absolute atomic E-state index is 5.40. The Morgan fingerprint density at radius 2 is 2.16 bits per heavy atom. The molecule has 0 aromatic carbocycles. The van der Waals surface area contributed by atoms with Crippen LogP contribution >= 0.6 is 0 Å². The van der Waals surface area contributed by atoms with Gasteiger partial charge in [0.15, 0.2) is 0 Å². The highest BCUT2D eigenvalue weighted by Gasteiger charge is 2.26. The van der Waals surface area contributed by atoms with Crippen molar-refractivity contribution in [3.05, 3.63) is 24.5 Å². The van der Waals surface area contributed by atoms with Gasteiger partial charge in [0.1, 0.15) is 6.26 Å². The topological polar surface area (TPSA) is 64.1 Å². The van der Waals surface area contributed by atoms with E-state index in [1.807, 2.05) is 6.07 Å². The molecule has 0 spiro atoms. The Kier molecular flexibility index (Phi) is 3.64. The van der Waals surface area contributed by atoms with E-state index in [0.717, 1.165) is 30.8 Å². The van der Waals surface area contributed by atoms with E-state index in [1.54, 1.807) is 12.5 Å². The molecule has 1 N–H and O–H groups in total. The third-order valence-electron chi connectivity index (χ3n) is 3.79. The van der Waals surface area contributed by atoms with E-state index >= 15 is 0 Å². The number of rotatable bonds is 4. The van der Waals surface area contributed by atoms with Crippen molar-refractivity contribution in [1.29, 1.82) is 0 Å². The van der Waals surface area contributed by atoms with Gasteiger partial charge in [-0.05, 0) is 38.3 Å². The molecule has 0 saturated heterocycles. The highest BCUT2D eigenvalue weighted by molar-refractivity contribution is 5.51. The Balaban J connectivity index is 1.64. The lowest BCUT2D eigenvalue weighted by Gasteiger charge is -2.26. The Morgan fingerprint density at radius 3 is 2.84 bits per heavy atom. The van der Waals surface area contributed by atoms with Crippen LogP contribution in [0.1, 0.15) is 44.4 Å². The predicted octanol–water partition coefficient (Wildman–Crippen LogP) is 2.97. The van der Waals surface area contributed by atoms with Crippen molar-refractivity contribution < 1.29 is 8.94 Å².